The van der Waals surface area contributed by atoms with Crippen LogP contribution < -0.4 is 10.6 Å². The molecule has 1 aromatic carbocycles. The molecular formula is C22H27F2N3O5. The summed E-state index contributed by atoms with van der Waals surface area (Å²) < 4.78 is 31.2. The van der Waals surface area contributed by atoms with Crippen LogP contribution >= 0.6 is 0 Å². The van der Waals surface area contributed by atoms with Crippen LogP contribution in [0.15, 0.2) is 18.2 Å². The third kappa shape index (κ3) is 5.23. The second kappa shape index (κ2) is 8.84. The van der Waals surface area contributed by atoms with E-state index in [4.69, 9.17) is 4.74 Å². The molecule has 1 spiro atoms. The molecule has 32 heavy (non-hydrogen) atoms. The number of carbonyl (C=O) groups excluding carboxylic acids is 4. The number of nitrogens with zero attached hydrogens (tertiary/aromatic N) is 1. The van der Waals surface area contributed by atoms with E-state index < -0.39 is 54.1 Å². The first kappa shape index (κ1) is 23.6. The lowest BCUT2D eigenvalue weighted by atomic mass is 9.67. The van der Waals surface area contributed by atoms with Crippen molar-refractivity contribution in [3.05, 3.63) is 29.8 Å². The van der Waals surface area contributed by atoms with Gasteiger partial charge in [-0.2, -0.15) is 0 Å². The van der Waals surface area contributed by atoms with Gasteiger partial charge >= 0.3 is 12.0 Å². The van der Waals surface area contributed by atoms with Crippen molar-refractivity contribution in [2.24, 2.45) is 11.3 Å². The Balaban J connectivity index is 1.51. The lowest BCUT2D eigenvalue weighted by Crippen LogP contribution is -2.50. The summed E-state index contributed by atoms with van der Waals surface area (Å²) in [7, 11) is 0. The molecule has 1 saturated heterocycles. The number of benzene rings is 1. The Morgan fingerprint density at radius 2 is 1.75 bits per heavy atom. The number of hydrogen-bond donors (Lipinski definition) is 2. The maximum atomic E-state index is 13.2. The van der Waals surface area contributed by atoms with Crippen LogP contribution in [0.3, 0.4) is 0 Å². The average molecular weight is 451 g/mol. The van der Waals surface area contributed by atoms with Crippen LogP contribution in [0.25, 0.3) is 0 Å². The van der Waals surface area contributed by atoms with Gasteiger partial charge in [0.1, 0.15) is 23.7 Å². The molecule has 2 fully saturated rings. The number of urea groups is 1. The minimum absolute atomic E-state index is 0.106. The molecule has 4 amide bonds. The number of halogens is 2. The lowest BCUT2D eigenvalue weighted by Gasteiger charge is -2.40. The van der Waals surface area contributed by atoms with Gasteiger partial charge in [-0.05, 0) is 49.1 Å². The second-order valence-corrected chi connectivity index (χ2v) is 9.41. The Hall–Kier alpha value is -3.04. The first-order chi connectivity index (χ1) is 14.9. The maximum Gasteiger partial charge on any atom is 0.326 e. The van der Waals surface area contributed by atoms with Gasteiger partial charge in [0.15, 0.2) is 6.61 Å². The summed E-state index contributed by atoms with van der Waals surface area (Å²) in [6, 6.07) is 1.80. The number of nitrogens with one attached hydrogen (secondary N) is 2. The monoisotopic (exact) mass is 451 g/mol. The Morgan fingerprint density at radius 1 is 1.16 bits per heavy atom. The predicted octanol–water partition coefficient (Wildman–Crippen LogP) is 2.97. The van der Waals surface area contributed by atoms with Gasteiger partial charge in [0.05, 0.1) is 0 Å². The molecule has 3 rings (SSSR count). The zero-order chi connectivity index (χ0) is 23.7. The minimum atomic E-state index is -1.00. The van der Waals surface area contributed by atoms with Crippen molar-refractivity contribution in [2.45, 2.75) is 52.0 Å². The van der Waals surface area contributed by atoms with Gasteiger partial charge in [-0.1, -0.05) is 20.8 Å². The smallest absolute Gasteiger partial charge is 0.326 e. The average Bonchev–Trinajstić information content (AvgIpc) is 2.89. The van der Waals surface area contributed by atoms with Gasteiger partial charge in [-0.25, -0.2) is 13.6 Å². The highest BCUT2D eigenvalue weighted by atomic mass is 19.1. The molecular weight excluding hydrogens is 424 g/mol. The van der Waals surface area contributed by atoms with E-state index in [0.29, 0.717) is 24.8 Å². The molecule has 1 saturated carbocycles. The van der Waals surface area contributed by atoms with E-state index in [0.717, 1.165) is 29.9 Å². The quantitative estimate of drug-likeness (QED) is 0.529. The summed E-state index contributed by atoms with van der Waals surface area (Å²) in [6.45, 7) is 5.08. The Morgan fingerprint density at radius 3 is 2.31 bits per heavy atom. The van der Waals surface area contributed by atoms with E-state index in [1.54, 1.807) is 0 Å². The van der Waals surface area contributed by atoms with E-state index >= 15 is 0 Å². The van der Waals surface area contributed by atoms with E-state index in [2.05, 4.69) is 31.4 Å². The van der Waals surface area contributed by atoms with Crippen molar-refractivity contribution in [3.8, 4) is 0 Å². The van der Waals surface area contributed by atoms with Gasteiger partial charge in [-0.3, -0.25) is 19.3 Å². The molecule has 0 unspecified atom stereocenters. The summed E-state index contributed by atoms with van der Waals surface area (Å²) in [5.41, 5.74) is -1.03. The first-order valence-corrected chi connectivity index (χ1v) is 10.5. The summed E-state index contributed by atoms with van der Waals surface area (Å²) in [5, 5.41) is 4.93. The molecule has 1 aromatic rings. The molecule has 1 heterocycles. The number of anilines is 1. The van der Waals surface area contributed by atoms with Crippen LogP contribution in [0.1, 0.15) is 46.5 Å². The van der Waals surface area contributed by atoms with Crippen LogP contribution in [0.5, 0.6) is 0 Å². The van der Waals surface area contributed by atoms with Gasteiger partial charge in [0.25, 0.3) is 11.8 Å². The zero-order valence-corrected chi connectivity index (χ0v) is 18.3. The Kier molecular flexibility index (Phi) is 6.52. The summed E-state index contributed by atoms with van der Waals surface area (Å²) in [5.74, 6) is -3.55. The van der Waals surface area contributed by atoms with Gasteiger partial charge < -0.3 is 15.4 Å². The minimum Gasteiger partial charge on any atom is -0.454 e. The number of carbonyl (C=O) groups is 4. The molecule has 0 radical (unpaired) electrons. The van der Waals surface area contributed by atoms with Crippen molar-refractivity contribution < 1.29 is 32.7 Å². The van der Waals surface area contributed by atoms with E-state index in [9.17, 15) is 28.0 Å². The standard InChI is InChI=1S/C22H27F2N3O5/c1-21(2,3)13-4-6-22(7-5-13)19(30)27(20(31)26-22)11-18(29)32-12-17(28)25-16-9-14(23)8-15(24)10-16/h8-10,13H,4-7,11-12H2,1-3H3,(H,25,28)(H,26,31). The number of hydrogen-bond acceptors (Lipinski definition) is 5. The van der Waals surface area contributed by atoms with E-state index in [-0.39, 0.29) is 11.1 Å². The normalized spacial score (nSPS) is 23.3. The van der Waals surface area contributed by atoms with Gasteiger partial charge in [0.2, 0.25) is 0 Å². The molecule has 0 atom stereocenters. The fourth-order valence-electron chi connectivity index (χ4n) is 4.28. The van der Waals surface area contributed by atoms with Gasteiger partial charge in [-0.15, -0.1) is 0 Å². The highest BCUT2D eigenvalue weighted by molar-refractivity contribution is 6.08. The molecule has 0 aromatic heterocycles. The molecule has 8 nitrogen and oxygen atoms in total. The summed E-state index contributed by atoms with van der Waals surface area (Å²) >= 11 is 0. The maximum absolute atomic E-state index is 13.2. The second-order valence-electron chi connectivity index (χ2n) is 9.41. The Labute approximate surface area is 184 Å². The third-order valence-electron chi connectivity index (χ3n) is 6.11. The van der Waals surface area contributed by atoms with Crippen molar-refractivity contribution in [1.82, 2.24) is 10.2 Å². The third-order valence-corrected chi connectivity index (χ3v) is 6.11. The SMILES string of the molecule is CC(C)(C)C1CCC2(CC1)NC(=O)N(CC(=O)OCC(=O)Nc1cc(F)cc(F)c1)C2=O. The number of imide groups is 1. The van der Waals surface area contributed by atoms with Crippen molar-refractivity contribution in [1.29, 1.82) is 0 Å². The van der Waals surface area contributed by atoms with Crippen LogP contribution in [0, 0.1) is 23.0 Å². The number of amides is 4. The van der Waals surface area contributed by atoms with Gasteiger partial charge in [0, 0.05) is 11.8 Å². The predicted molar refractivity (Wildman–Crippen MR) is 110 cm³/mol. The molecule has 2 aliphatic rings. The topological polar surface area (TPSA) is 105 Å². The summed E-state index contributed by atoms with van der Waals surface area (Å²) in [6.07, 6.45) is 2.57. The van der Waals surface area contributed by atoms with Crippen molar-refractivity contribution in [3.63, 3.8) is 0 Å². The molecule has 1 aliphatic heterocycles. The van der Waals surface area contributed by atoms with Crippen LogP contribution in [0.2, 0.25) is 0 Å². The number of rotatable bonds is 5. The van der Waals surface area contributed by atoms with Crippen molar-refractivity contribution >= 4 is 29.5 Å². The first-order valence-electron chi connectivity index (χ1n) is 10.5. The Bertz CT molecular complexity index is 916. The largest absolute Gasteiger partial charge is 0.454 e. The van der Waals surface area contributed by atoms with Crippen LogP contribution in [-0.2, 0) is 19.1 Å². The molecule has 1 aliphatic carbocycles. The fourth-order valence-corrected chi connectivity index (χ4v) is 4.28. The highest BCUT2D eigenvalue weighted by Gasteiger charge is 2.53. The zero-order valence-electron chi connectivity index (χ0n) is 18.3. The molecule has 0 bridgehead atoms. The van der Waals surface area contributed by atoms with Crippen molar-refractivity contribution in [2.75, 3.05) is 18.5 Å². The van der Waals surface area contributed by atoms with Crippen LogP contribution in [0.4, 0.5) is 19.3 Å². The molecule has 174 valence electrons. The van der Waals surface area contributed by atoms with E-state index in [1.165, 1.54) is 0 Å². The number of ether oxygens (including phenoxy) is 1. The lowest BCUT2D eigenvalue weighted by molar-refractivity contribution is -0.150. The summed E-state index contributed by atoms with van der Waals surface area (Å²) in [4.78, 5) is 50.0. The fraction of sp³-hybridized carbons (Fsp3) is 0.545. The number of esters is 1. The van der Waals surface area contributed by atoms with E-state index in [1.807, 2.05) is 0 Å². The molecule has 10 heteroatoms. The highest BCUT2D eigenvalue weighted by Crippen LogP contribution is 2.43. The van der Waals surface area contributed by atoms with Crippen LogP contribution in [-0.4, -0.2) is 47.4 Å². The molecule has 2 N–H and O–H groups in total.